The third-order valence-corrected chi connectivity index (χ3v) is 4.93. The summed E-state index contributed by atoms with van der Waals surface area (Å²) < 4.78 is 0. The molecular weight excluding hydrogens is 334 g/mol. The fourth-order valence-electron chi connectivity index (χ4n) is 3.56. The summed E-state index contributed by atoms with van der Waals surface area (Å²) in [5.74, 6) is -0.845. The molecule has 0 fully saturated rings. The Bertz CT molecular complexity index is 790. The number of carboxylic acids is 1. The molecule has 0 aromatic heterocycles. The molecular formula is C24H27NO2. The van der Waals surface area contributed by atoms with Crippen LogP contribution in [0.4, 0.5) is 0 Å². The van der Waals surface area contributed by atoms with Crippen molar-refractivity contribution in [1.29, 1.82) is 5.26 Å². The van der Waals surface area contributed by atoms with Crippen molar-refractivity contribution in [2.75, 3.05) is 0 Å². The number of allylic oxidation sites excluding steroid dienone is 1. The standard InChI is InChI=1S/C24H27NO2/c1-2-9-19(22(18-25)13-8-15-24(26)27)16-17-21-12-6-7-14-23(21)20-10-4-3-5-11-20/h3-8,10-12,14-15,19,22H,2,9,13,16-17H2,1H3,(H,26,27). The largest absolute Gasteiger partial charge is 0.478 e. The van der Waals surface area contributed by atoms with E-state index in [2.05, 4.69) is 49.4 Å². The fourth-order valence-corrected chi connectivity index (χ4v) is 3.56. The Morgan fingerprint density at radius 1 is 1.11 bits per heavy atom. The number of carboxylic acid groups (broad SMARTS) is 1. The number of carbonyl (C=O) groups is 1. The normalized spacial score (nSPS) is 13.2. The molecule has 140 valence electrons. The molecule has 0 aliphatic heterocycles. The Morgan fingerprint density at radius 2 is 1.81 bits per heavy atom. The highest BCUT2D eigenvalue weighted by Crippen LogP contribution is 2.29. The summed E-state index contributed by atoms with van der Waals surface area (Å²) in [5, 5.41) is 18.3. The van der Waals surface area contributed by atoms with Crippen LogP contribution in [0.25, 0.3) is 11.1 Å². The van der Waals surface area contributed by atoms with E-state index in [4.69, 9.17) is 5.11 Å². The van der Waals surface area contributed by atoms with E-state index in [1.807, 2.05) is 18.2 Å². The Hall–Kier alpha value is -2.86. The third-order valence-electron chi connectivity index (χ3n) is 4.93. The second-order valence-electron chi connectivity index (χ2n) is 6.82. The number of nitriles is 1. The summed E-state index contributed by atoms with van der Waals surface area (Å²) in [6.07, 6.45) is 7.08. The summed E-state index contributed by atoms with van der Waals surface area (Å²) in [6, 6.07) is 21.2. The highest BCUT2D eigenvalue weighted by atomic mass is 16.4. The van der Waals surface area contributed by atoms with E-state index in [1.165, 1.54) is 16.7 Å². The van der Waals surface area contributed by atoms with Gasteiger partial charge in [0, 0.05) is 6.08 Å². The lowest BCUT2D eigenvalue weighted by Gasteiger charge is -2.21. The molecule has 2 aromatic rings. The molecule has 0 spiro atoms. The molecule has 0 saturated heterocycles. The number of benzene rings is 2. The topological polar surface area (TPSA) is 61.1 Å². The number of nitrogens with zero attached hydrogens (tertiary/aromatic N) is 1. The first-order chi connectivity index (χ1) is 13.2. The Labute approximate surface area is 162 Å². The van der Waals surface area contributed by atoms with Gasteiger partial charge in [0.25, 0.3) is 0 Å². The maximum Gasteiger partial charge on any atom is 0.327 e. The molecule has 0 saturated carbocycles. The first-order valence-electron chi connectivity index (χ1n) is 9.58. The van der Waals surface area contributed by atoms with Crippen LogP contribution in [0.1, 0.15) is 38.2 Å². The molecule has 2 atom stereocenters. The van der Waals surface area contributed by atoms with Gasteiger partial charge in [0.1, 0.15) is 0 Å². The number of aliphatic carboxylic acids is 1. The van der Waals surface area contributed by atoms with E-state index in [9.17, 15) is 10.1 Å². The van der Waals surface area contributed by atoms with Crippen LogP contribution in [0.5, 0.6) is 0 Å². The van der Waals surface area contributed by atoms with Crippen LogP contribution in [-0.2, 0) is 11.2 Å². The van der Waals surface area contributed by atoms with Gasteiger partial charge < -0.3 is 5.11 Å². The van der Waals surface area contributed by atoms with Crippen molar-refractivity contribution in [3.8, 4) is 17.2 Å². The van der Waals surface area contributed by atoms with Gasteiger partial charge in [-0.2, -0.15) is 5.26 Å². The quantitative estimate of drug-likeness (QED) is 0.538. The summed E-state index contributed by atoms with van der Waals surface area (Å²) in [7, 11) is 0. The van der Waals surface area contributed by atoms with E-state index in [1.54, 1.807) is 6.08 Å². The van der Waals surface area contributed by atoms with Crippen molar-refractivity contribution in [2.45, 2.75) is 39.0 Å². The lowest BCUT2D eigenvalue weighted by molar-refractivity contribution is -0.131. The lowest BCUT2D eigenvalue weighted by Crippen LogP contribution is -2.14. The molecule has 0 bridgehead atoms. The molecule has 0 heterocycles. The Morgan fingerprint density at radius 3 is 2.48 bits per heavy atom. The van der Waals surface area contributed by atoms with Crippen molar-refractivity contribution in [3.63, 3.8) is 0 Å². The predicted octanol–water partition coefficient (Wildman–Crippen LogP) is 5.87. The molecule has 1 N–H and O–H groups in total. The third kappa shape index (κ3) is 6.42. The van der Waals surface area contributed by atoms with Gasteiger partial charge >= 0.3 is 5.97 Å². The summed E-state index contributed by atoms with van der Waals surface area (Å²) in [5.41, 5.74) is 3.75. The minimum atomic E-state index is -0.962. The lowest BCUT2D eigenvalue weighted by atomic mass is 9.82. The molecule has 3 nitrogen and oxygen atoms in total. The van der Waals surface area contributed by atoms with Crippen LogP contribution < -0.4 is 0 Å². The number of hydrogen-bond donors (Lipinski definition) is 1. The van der Waals surface area contributed by atoms with Crippen LogP contribution in [0, 0.1) is 23.2 Å². The number of rotatable bonds is 10. The van der Waals surface area contributed by atoms with Crippen molar-refractivity contribution in [1.82, 2.24) is 0 Å². The predicted molar refractivity (Wildman–Crippen MR) is 109 cm³/mol. The molecule has 27 heavy (non-hydrogen) atoms. The summed E-state index contributed by atoms with van der Waals surface area (Å²) in [6.45, 7) is 2.13. The van der Waals surface area contributed by atoms with E-state index < -0.39 is 5.97 Å². The van der Waals surface area contributed by atoms with Crippen LogP contribution >= 0.6 is 0 Å². The van der Waals surface area contributed by atoms with Crippen molar-refractivity contribution in [3.05, 3.63) is 72.3 Å². The monoisotopic (exact) mass is 361 g/mol. The van der Waals surface area contributed by atoms with Crippen molar-refractivity contribution in [2.24, 2.45) is 11.8 Å². The van der Waals surface area contributed by atoms with Crippen molar-refractivity contribution < 1.29 is 9.90 Å². The summed E-state index contributed by atoms with van der Waals surface area (Å²) >= 11 is 0. The summed E-state index contributed by atoms with van der Waals surface area (Å²) in [4.78, 5) is 10.7. The van der Waals surface area contributed by atoms with Crippen LogP contribution in [-0.4, -0.2) is 11.1 Å². The Kier molecular flexibility index (Phi) is 8.32. The maximum absolute atomic E-state index is 10.7. The zero-order valence-corrected chi connectivity index (χ0v) is 15.8. The van der Waals surface area contributed by atoms with Gasteiger partial charge in [-0.1, -0.05) is 74.0 Å². The number of aryl methyl sites for hydroxylation is 1. The van der Waals surface area contributed by atoms with E-state index in [0.717, 1.165) is 31.8 Å². The fraction of sp³-hybridized carbons (Fsp3) is 0.333. The number of hydrogen-bond acceptors (Lipinski definition) is 2. The van der Waals surface area contributed by atoms with Gasteiger partial charge in [0.15, 0.2) is 0 Å². The first-order valence-corrected chi connectivity index (χ1v) is 9.58. The zero-order valence-electron chi connectivity index (χ0n) is 15.8. The average molecular weight is 361 g/mol. The van der Waals surface area contributed by atoms with Crippen LogP contribution in [0.15, 0.2) is 66.7 Å². The van der Waals surface area contributed by atoms with Crippen LogP contribution in [0.3, 0.4) is 0 Å². The molecule has 2 aromatic carbocycles. The minimum absolute atomic E-state index is 0.149. The van der Waals surface area contributed by atoms with Gasteiger partial charge in [0.2, 0.25) is 0 Å². The van der Waals surface area contributed by atoms with Gasteiger partial charge in [-0.05, 0) is 48.3 Å². The van der Waals surface area contributed by atoms with Crippen LogP contribution in [0.2, 0.25) is 0 Å². The first kappa shape index (κ1) is 20.5. The molecule has 2 unspecified atom stereocenters. The van der Waals surface area contributed by atoms with Gasteiger partial charge in [-0.15, -0.1) is 0 Å². The smallest absolute Gasteiger partial charge is 0.327 e. The molecule has 0 radical (unpaired) electrons. The molecule has 2 rings (SSSR count). The van der Waals surface area contributed by atoms with E-state index in [-0.39, 0.29) is 11.8 Å². The van der Waals surface area contributed by atoms with Gasteiger partial charge in [0.05, 0.1) is 12.0 Å². The zero-order chi connectivity index (χ0) is 19.5. The second-order valence-corrected chi connectivity index (χ2v) is 6.82. The molecule has 0 aliphatic rings. The molecule has 0 amide bonds. The van der Waals surface area contributed by atoms with Gasteiger partial charge in [-0.25, -0.2) is 4.79 Å². The van der Waals surface area contributed by atoms with Gasteiger partial charge in [-0.3, -0.25) is 0 Å². The molecule has 3 heteroatoms. The molecule has 0 aliphatic carbocycles. The van der Waals surface area contributed by atoms with Crippen molar-refractivity contribution >= 4 is 5.97 Å². The maximum atomic E-state index is 10.7. The van der Waals surface area contributed by atoms with E-state index in [0.29, 0.717) is 6.42 Å². The van der Waals surface area contributed by atoms with E-state index >= 15 is 0 Å². The highest BCUT2D eigenvalue weighted by molar-refractivity contribution is 5.79. The SMILES string of the molecule is CCCC(CCc1ccccc1-c1ccccc1)C(C#N)CC=CC(=O)O. The minimum Gasteiger partial charge on any atom is -0.478 e. The Balaban J connectivity index is 2.12. The average Bonchev–Trinajstić information content (AvgIpc) is 2.69. The highest BCUT2D eigenvalue weighted by Gasteiger charge is 2.20. The second kappa shape index (κ2) is 11.0.